The predicted octanol–water partition coefficient (Wildman–Crippen LogP) is 13.0. The van der Waals surface area contributed by atoms with Gasteiger partial charge in [0.15, 0.2) is 22.6 Å². The molecule has 2 heterocycles. The van der Waals surface area contributed by atoms with Gasteiger partial charge in [0, 0.05) is 50.7 Å². The van der Waals surface area contributed by atoms with E-state index in [4.69, 9.17) is 47.4 Å². The Balaban J connectivity index is 0.950. The van der Waals surface area contributed by atoms with Gasteiger partial charge in [0.1, 0.15) is 45.1 Å². The fourth-order valence-corrected chi connectivity index (χ4v) is 14.5. The Kier molecular flexibility index (Phi) is 26.7. The van der Waals surface area contributed by atoms with Crippen LogP contribution in [0, 0.1) is 11.8 Å². The monoisotopic (exact) mass is 1440 g/mol. The molecule has 0 atom stereocenters. The van der Waals surface area contributed by atoms with E-state index in [-0.39, 0.29) is 143 Å². The number of amides is 2. The predicted molar refractivity (Wildman–Crippen MR) is 381 cm³/mol. The number of rotatable bonds is 28. The van der Waals surface area contributed by atoms with Gasteiger partial charge in [-0.2, -0.15) is 0 Å². The molecule has 2 saturated carbocycles. The molecule has 0 N–H and O–H groups in total. The number of carbonyl (C=O) groups excluding carboxylic acids is 10. The van der Waals surface area contributed by atoms with Gasteiger partial charge in [-0.15, -0.1) is 0 Å². The summed E-state index contributed by atoms with van der Waals surface area (Å²) >= 11 is 1.66. The van der Waals surface area contributed by atoms with Crippen molar-refractivity contribution < 1.29 is 95.3 Å². The Morgan fingerprint density at radius 2 is 0.735 bits per heavy atom. The summed E-state index contributed by atoms with van der Waals surface area (Å²) in [5.41, 5.74) is 1.56. The summed E-state index contributed by atoms with van der Waals surface area (Å²) < 4.78 is 58.1. The van der Waals surface area contributed by atoms with Crippen molar-refractivity contribution in [2.75, 3.05) is 87.4 Å². The van der Waals surface area contributed by atoms with Crippen molar-refractivity contribution in [2.45, 2.75) is 141 Å². The molecule has 0 spiro atoms. The molecule has 2 fully saturated rings. The van der Waals surface area contributed by atoms with E-state index in [9.17, 15) is 47.9 Å². The number of fused-ring (bicyclic) bond motifs is 2. The first-order valence-corrected chi connectivity index (χ1v) is 36.1. The van der Waals surface area contributed by atoms with Crippen molar-refractivity contribution in [3.8, 4) is 23.0 Å². The van der Waals surface area contributed by atoms with E-state index in [1.54, 1.807) is 139 Å². The van der Waals surface area contributed by atoms with E-state index >= 15 is 0 Å². The molecule has 9 rings (SSSR count). The molecule has 5 aromatic carbocycles. The lowest BCUT2D eigenvalue weighted by Gasteiger charge is -2.29. The highest BCUT2D eigenvalue weighted by molar-refractivity contribution is 8.04. The van der Waals surface area contributed by atoms with E-state index in [2.05, 4.69) is 13.8 Å². The van der Waals surface area contributed by atoms with Crippen molar-refractivity contribution in [1.29, 1.82) is 0 Å². The molecular formula is C76H86N4O20S2. The SMILES string of the molecule is CCCCOc1ccc(C(=O)N(C)c2ccc(C(=O)OC3CCC(C(=O)Oc4c5c(c(OC(=O)C6CCC(OC(=O)c7ccc(N(C)C(=O)c8ccc(OCCCC)cc8)cc7)CC6)c6c4SC(=C(C(=O)OCC)C(=O)OCC)N6C)N(C)C(=C(C(=O)OCC)C(=O)OCC)S5)CC3)cc2)cc1. The second kappa shape index (κ2) is 35.7. The summed E-state index contributed by atoms with van der Waals surface area (Å²) in [7, 11) is 6.28. The molecule has 102 heavy (non-hydrogen) atoms. The van der Waals surface area contributed by atoms with Crippen LogP contribution in [0.5, 0.6) is 23.0 Å². The minimum atomic E-state index is -1.03. The van der Waals surface area contributed by atoms with Crippen molar-refractivity contribution in [3.63, 3.8) is 0 Å². The quantitative estimate of drug-likeness (QED) is 0.00855. The van der Waals surface area contributed by atoms with Gasteiger partial charge in [-0.1, -0.05) is 50.2 Å². The average molecular weight is 1440 g/mol. The average Bonchev–Trinajstić information content (AvgIpc) is 1.57. The number of nitrogens with zero attached hydrogens (tertiary/aromatic N) is 4. The van der Waals surface area contributed by atoms with Crippen LogP contribution >= 0.6 is 23.5 Å². The second-order valence-electron chi connectivity index (χ2n) is 24.5. The number of hydrogen-bond donors (Lipinski definition) is 0. The van der Waals surface area contributed by atoms with Gasteiger partial charge in [-0.05, 0) is 189 Å². The van der Waals surface area contributed by atoms with Crippen LogP contribution in [0.1, 0.15) is 160 Å². The molecule has 2 aliphatic carbocycles. The first-order chi connectivity index (χ1) is 49.1. The van der Waals surface area contributed by atoms with Crippen molar-refractivity contribution in [3.05, 3.63) is 141 Å². The number of esters is 8. The first-order valence-electron chi connectivity index (χ1n) is 34.5. The summed E-state index contributed by atoms with van der Waals surface area (Å²) in [5, 5.41) is -0.0808. The highest BCUT2D eigenvalue weighted by Crippen LogP contribution is 2.66. The van der Waals surface area contributed by atoms with Gasteiger partial charge in [-0.25, -0.2) is 28.8 Å². The molecule has 26 heteroatoms. The van der Waals surface area contributed by atoms with Crippen LogP contribution in [0.15, 0.2) is 128 Å². The van der Waals surface area contributed by atoms with Crippen molar-refractivity contribution >= 4 is 106 Å². The van der Waals surface area contributed by atoms with E-state index in [0.29, 0.717) is 47.2 Å². The lowest BCUT2D eigenvalue weighted by molar-refractivity contribution is -0.148. The molecule has 2 amide bonds. The molecule has 5 aromatic rings. The maximum Gasteiger partial charge on any atom is 0.348 e. The minimum Gasteiger partial charge on any atom is -0.494 e. The van der Waals surface area contributed by atoms with E-state index in [0.717, 1.165) is 49.2 Å². The Hall–Kier alpha value is -9.82. The maximum absolute atomic E-state index is 14.9. The Morgan fingerprint density at radius 1 is 0.422 bits per heavy atom. The van der Waals surface area contributed by atoms with Crippen molar-refractivity contribution in [1.82, 2.24) is 0 Å². The molecule has 4 aliphatic rings. The number of unbranched alkanes of at least 4 members (excludes halogenated alkanes) is 2. The second-order valence-corrected chi connectivity index (χ2v) is 26.5. The van der Waals surface area contributed by atoms with E-state index in [1.807, 2.05) is 0 Å². The summed E-state index contributed by atoms with van der Waals surface area (Å²) in [6.45, 7) is 11.1. The summed E-state index contributed by atoms with van der Waals surface area (Å²) in [6.07, 6.45) is 4.53. The highest BCUT2D eigenvalue weighted by atomic mass is 32.2. The molecule has 542 valence electrons. The Bertz CT molecular complexity index is 3860. The van der Waals surface area contributed by atoms with Crippen LogP contribution < -0.4 is 38.5 Å². The third-order valence-electron chi connectivity index (χ3n) is 17.6. The molecular weight excluding hydrogens is 1350 g/mol. The third kappa shape index (κ3) is 17.9. The molecule has 0 saturated heterocycles. The standard InChI is InChI=1S/C76H86N4O20S2/c1-11-17-43-95-53-35-23-45(24-36-53)65(81)77(7)51-31-19-47(20-32-51)69(83)97-55-39-27-49(28-40-55)71(85)99-61-59-63(101-67(79(59)9)57(73(87)91-13-3)74(88)92-14-4)62(64-60(61)80(10)68(102-64)58(75(89)93-15-5)76(90)94-16-6)100-72(86)50-29-41-56(42-30-50)98-70(84)48-21-33-52(34-22-48)78(8)66(82)46-25-37-54(38-26-46)96-44-18-12-2/h19-26,31-38,49-50,55-56H,11-18,27-30,39-44H2,1-10H3. The number of hydrogen-bond acceptors (Lipinski definition) is 24. The van der Waals surface area contributed by atoms with Gasteiger partial charge in [0.25, 0.3) is 11.8 Å². The zero-order valence-corrected chi connectivity index (χ0v) is 60.7. The summed E-state index contributed by atoms with van der Waals surface area (Å²) in [6, 6.07) is 26.7. The summed E-state index contributed by atoms with van der Waals surface area (Å²) in [4.78, 5) is 146. The van der Waals surface area contributed by atoms with Gasteiger partial charge in [0.2, 0.25) is 0 Å². The number of anilines is 4. The topological polar surface area (TPSA) is 276 Å². The number of thioether (sulfide) groups is 2. The van der Waals surface area contributed by atoms with Gasteiger partial charge in [-0.3, -0.25) is 19.2 Å². The fourth-order valence-electron chi connectivity index (χ4n) is 11.9. The molecule has 24 nitrogen and oxygen atoms in total. The zero-order chi connectivity index (χ0) is 73.3. The van der Waals surface area contributed by atoms with Crippen LogP contribution in [-0.2, 0) is 57.2 Å². The zero-order valence-electron chi connectivity index (χ0n) is 59.0. The molecule has 0 unspecified atom stereocenters. The van der Waals surface area contributed by atoms with E-state index in [1.165, 1.54) is 33.7 Å². The third-order valence-corrected chi connectivity index (χ3v) is 20.1. The summed E-state index contributed by atoms with van der Waals surface area (Å²) in [5.74, 6) is -7.80. The lowest BCUT2D eigenvalue weighted by atomic mass is 9.87. The lowest BCUT2D eigenvalue weighted by Crippen LogP contribution is -2.31. The number of benzene rings is 5. The molecule has 0 aromatic heterocycles. The largest absolute Gasteiger partial charge is 0.494 e. The van der Waals surface area contributed by atoms with Crippen LogP contribution in [0.25, 0.3) is 0 Å². The van der Waals surface area contributed by atoms with Gasteiger partial charge in [0.05, 0.1) is 72.4 Å². The minimum absolute atomic E-state index is 0.0404. The normalized spacial score (nSPS) is 16.6. The van der Waals surface area contributed by atoms with Crippen LogP contribution in [0.2, 0.25) is 0 Å². The number of carbonyl (C=O) groups is 10. The fraction of sp³-hybridized carbons (Fsp3) is 0.421. The van der Waals surface area contributed by atoms with Crippen LogP contribution in [-0.4, -0.2) is 140 Å². The van der Waals surface area contributed by atoms with Crippen LogP contribution in [0.3, 0.4) is 0 Å². The highest BCUT2D eigenvalue weighted by Gasteiger charge is 2.47. The molecule has 0 bridgehead atoms. The van der Waals surface area contributed by atoms with Crippen LogP contribution in [0.4, 0.5) is 22.7 Å². The first kappa shape index (κ1) is 76.4. The molecule has 0 radical (unpaired) electrons. The van der Waals surface area contributed by atoms with Crippen molar-refractivity contribution in [2.24, 2.45) is 11.8 Å². The Labute approximate surface area is 601 Å². The molecule has 2 aliphatic heterocycles. The van der Waals surface area contributed by atoms with E-state index < -0.39 is 82.9 Å². The smallest absolute Gasteiger partial charge is 0.348 e. The van der Waals surface area contributed by atoms with Gasteiger partial charge >= 0.3 is 47.8 Å². The number of ether oxygens (including phenoxy) is 10. The Morgan fingerprint density at radius 3 is 1.05 bits per heavy atom. The van der Waals surface area contributed by atoms with Gasteiger partial charge < -0.3 is 67.0 Å². The maximum atomic E-state index is 14.9.